The molecule has 80 valence electrons. The second-order valence-corrected chi connectivity index (χ2v) is 4.91. The van der Waals surface area contributed by atoms with Crippen LogP contribution in [0.15, 0.2) is 0 Å². The highest BCUT2D eigenvalue weighted by Crippen LogP contribution is 2.32. The fourth-order valence-corrected chi connectivity index (χ4v) is 2.89. The Morgan fingerprint density at radius 1 is 1.36 bits per heavy atom. The van der Waals surface area contributed by atoms with Crippen molar-refractivity contribution in [1.29, 1.82) is 0 Å². The molecule has 1 aliphatic heterocycles. The minimum absolute atomic E-state index is 0.288. The first kappa shape index (κ1) is 9.97. The summed E-state index contributed by atoms with van der Waals surface area (Å²) in [4.78, 5) is 13.6. The van der Waals surface area contributed by atoms with Crippen LogP contribution in [0.1, 0.15) is 33.1 Å². The second kappa shape index (κ2) is 3.89. The molecule has 0 aromatic heterocycles. The van der Waals surface area contributed by atoms with Crippen molar-refractivity contribution in [2.45, 2.75) is 39.2 Å². The molecule has 1 amide bonds. The Morgan fingerprint density at radius 2 is 2.14 bits per heavy atom. The summed E-state index contributed by atoms with van der Waals surface area (Å²) in [6, 6.07) is 0.494. The highest BCUT2D eigenvalue weighted by Gasteiger charge is 2.34. The molecule has 1 aliphatic carbocycles. The van der Waals surface area contributed by atoms with Crippen molar-refractivity contribution >= 4 is 5.91 Å². The van der Waals surface area contributed by atoms with Gasteiger partial charge in [0.05, 0.1) is 13.2 Å². The molecule has 1 saturated carbocycles. The van der Waals surface area contributed by atoms with E-state index in [1.807, 2.05) is 4.90 Å². The Balaban J connectivity index is 2.00. The van der Waals surface area contributed by atoms with Crippen molar-refractivity contribution in [1.82, 2.24) is 10.2 Å². The predicted octanol–water partition coefficient (Wildman–Crippen LogP) is 1.20. The molecule has 2 fully saturated rings. The lowest BCUT2D eigenvalue weighted by atomic mass is 9.79. The van der Waals surface area contributed by atoms with Gasteiger partial charge in [-0.25, -0.2) is 0 Å². The molecule has 3 heteroatoms. The highest BCUT2D eigenvalue weighted by molar-refractivity contribution is 5.80. The molecule has 14 heavy (non-hydrogen) atoms. The average molecular weight is 196 g/mol. The number of carbonyl (C=O) groups is 1. The van der Waals surface area contributed by atoms with Gasteiger partial charge >= 0.3 is 0 Å². The van der Waals surface area contributed by atoms with Gasteiger partial charge in [-0.3, -0.25) is 10.1 Å². The second-order valence-electron chi connectivity index (χ2n) is 4.91. The number of hydrogen-bond donors (Lipinski definition) is 1. The molecule has 0 aromatic rings. The van der Waals surface area contributed by atoms with Gasteiger partial charge in [0.25, 0.3) is 0 Å². The first-order valence-electron chi connectivity index (χ1n) is 5.68. The number of nitrogens with one attached hydrogen (secondary N) is 1. The summed E-state index contributed by atoms with van der Waals surface area (Å²) in [6.07, 6.45) is 3.74. The Kier molecular flexibility index (Phi) is 2.77. The fourth-order valence-electron chi connectivity index (χ4n) is 2.89. The van der Waals surface area contributed by atoms with Crippen LogP contribution in [0.3, 0.4) is 0 Å². The molecule has 2 aliphatic rings. The smallest absolute Gasteiger partial charge is 0.237 e. The van der Waals surface area contributed by atoms with Crippen molar-refractivity contribution in [2.24, 2.45) is 11.8 Å². The molecule has 1 heterocycles. The monoisotopic (exact) mass is 196 g/mol. The van der Waals surface area contributed by atoms with Gasteiger partial charge in [0, 0.05) is 6.04 Å². The summed E-state index contributed by atoms with van der Waals surface area (Å²) in [6.45, 7) is 5.91. The molecular formula is C11H20N2O. The van der Waals surface area contributed by atoms with Crippen molar-refractivity contribution in [2.75, 3.05) is 13.2 Å². The van der Waals surface area contributed by atoms with Crippen LogP contribution >= 0.6 is 0 Å². The number of nitrogens with zero attached hydrogens (tertiary/aromatic N) is 1. The van der Waals surface area contributed by atoms with Gasteiger partial charge in [-0.2, -0.15) is 0 Å². The Morgan fingerprint density at radius 3 is 2.71 bits per heavy atom. The normalized spacial score (nSPS) is 39.1. The van der Waals surface area contributed by atoms with Crippen LogP contribution in [0, 0.1) is 11.8 Å². The molecule has 1 N–H and O–H groups in total. The molecule has 3 nitrogen and oxygen atoms in total. The molecule has 1 saturated heterocycles. The third kappa shape index (κ3) is 1.78. The summed E-state index contributed by atoms with van der Waals surface area (Å²) in [5.74, 6) is 1.80. The maximum atomic E-state index is 11.6. The van der Waals surface area contributed by atoms with E-state index in [-0.39, 0.29) is 5.91 Å². The summed E-state index contributed by atoms with van der Waals surface area (Å²) in [5, 5.41) is 3.13. The zero-order chi connectivity index (χ0) is 10.1. The Bertz CT molecular complexity index is 229. The largest absolute Gasteiger partial charge is 0.326 e. The van der Waals surface area contributed by atoms with E-state index >= 15 is 0 Å². The average Bonchev–Trinajstić information content (AvgIpc) is 2.52. The Hall–Kier alpha value is -0.570. The molecule has 3 atom stereocenters. The molecule has 0 spiro atoms. The number of carbonyl (C=O) groups excluding carboxylic acids is 1. The van der Waals surface area contributed by atoms with Crippen molar-refractivity contribution < 1.29 is 4.79 Å². The third-order valence-corrected chi connectivity index (χ3v) is 3.67. The van der Waals surface area contributed by atoms with Crippen LogP contribution in [-0.2, 0) is 4.79 Å². The summed E-state index contributed by atoms with van der Waals surface area (Å²) in [7, 11) is 0. The van der Waals surface area contributed by atoms with Crippen molar-refractivity contribution in [3.05, 3.63) is 0 Å². The van der Waals surface area contributed by atoms with E-state index in [4.69, 9.17) is 0 Å². The molecule has 2 rings (SSSR count). The van der Waals surface area contributed by atoms with Gasteiger partial charge in [-0.1, -0.05) is 13.8 Å². The fraction of sp³-hybridized carbons (Fsp3) is 0.909. The van der Waals surface area contributed by atoms with Crippen LogP contribution in [0.25, 0.3) is 0 Å². The van der Waals surface area contributed by atoms with Gasteiger partial charge in [-0.15, -0.1) is 0 Å². The standard InChI is InChI=1S/C11H20N2O/c1-8-3-4-10(9(2)5-8)13-7-12-6-11(13)14/h8-10,12H,3-7H2,1-2H3. The third-order valence-electron chi connectivity index (χ3n) is 3.67. The quantitative estimate of drug-likeness (QED) is 0.683. The van der Waals surface area contributed by atoms with E-state index in [1.54, 1.807) is 0 Å². The first-order valence-corrected chi connectivity index (χ1v) is 5.68. The summed E-state index contributed by atoms with van der Waals surface area (Å²) < 4.78 is 0. The van der Waals surface area contributed by atoms with E-state index in [0.717, 1.165) is 12.6 Å². The van der Waals surface area contributed by atoms with Gasteiger partial charge in [0.15, 0.2) is 0 Å². The van der Waals surface area contributed by atoms with E-state index in [1.165, 1.54) is 19.3 Å². The van der Waals surface area contributed by atoms with Gasteiger partial charge in [-0.05, 0) is 31.1 Å². The maximum absolute atomic E-state index is 11.6. The zero-order valence-electron chi connectivity index (χ0n) is 9.12. The van der Waals surface area contributed by atoms with E-state index in [0.29, 0.717) is 18.5 Å². The molecule has 0 aromatic carbocycles. The molecule has 0 radical (unpaired) electrons. The summed E-state index contributed by atoms with van der Waals surface area (Å²) in [5.41, 5.74) is 0. The van der Waals surface area contributed by atoms with Gasteiger partial charge < -0.3 is 4.90 Å². The van der Waals surface area contributed by atoms with Gasteiger partial charge in [0.2, 0.25) is 5.91 Å². The summed E-state index contributed by atoms with van der Waals surface area (Å²) >= 11 is 0. The first-order chi connectivity index (χ1) is 6.68. The SMILES string of the molecule is CC1CCC(N2CNCC2=O)C(C)C1. The Labute approximate surface area is 85.8 Å². The van der Waals surface area contributed by atoms with E-state index < -0.39 is 0 Å². The van der Waals surface area contributed by atoms with Crippen molar-refractivity contribution in [3.63, 3.8) is 0 Å². The van der Waals surface area contributed by atoms with Crippen LogP contribution in [0.2, 0.25) is 0 Å². The van der Waals surface area contributed by atoms with Gasteiger partial charge in [0.1, 0.15) is 0 Å². The highest BCUT2D eigenvalue weighted by atomic mass is 16.2. The number of amides is 1. The van der Waals surface area contributed by atoms with Crippen LogP contribution in [-0.4, -0.2) is 30.1 Å². The number of hydrogen-bond acceptors (Lipinski definition) is 2. The lowest BCUT2D eigenvalue weighted by Gasteiger charge is -2.38. The topological polar surface area (TPSA) is 32.3 Å². The van der Waals surface area contributed by atoms with E-state index in [2.05, 4.69) is 19.2 Å². The number of rotatable bonds is 1. The lowest BCUT2D eigenvalue weighted by molar-refractivity contribution is -0.130. The molecular weight excluding hydrogens is 176 g/mol. The minimum Gasteiger partial charge on any atom is -0.326 e. The van der Waals surface area contributed by atoms with Crippen LogP contribution in [0.5, 0.6) is 0 Å². The lowest BCUT2D eigenvalue weighted by Crippen LogP contribution is -2.44. The van der Waals surface area contributed by atoms with E-state index in [9.17, 15) is 4.79 Å². The van der Waals surface area contributed by atoms with Crippen molar-refractivity contribution in [3.8, 4) is 0 Å². The zero-order valence-corrected chi connectivity index (χ0v) is 9.12. The predicted molar refractivity (Wildman–Crippen MR) is 55.7 cm³/mol. The minimum atomic E-state index is 0.288. The van der Waals surface area contributed by atoms with Crippen LogP contribution in [0.4, 0.5) is 0 Å². The molecule has 3 unspecified atom stereocenters. The van der Waals surface area contributed by atoms with Crippen LogP contribution < -0.4 is 5.32 Å². The maximum Gasteiger partial charge on any atom is 0.237 e. The molecule has 0 bridgehead atoms.